The van der Waals surface area contributed by atoms with E-state index in [4.69, 9.17) is 4.74 Å². The maximum atomic E-state index is 12.0. The van der Waals surface area contributed by atoms with Crippen molar-refractivity contribution in [3.05, 3.63) is 73.7 Å². The first-order valence-corrected chi connectivity index (χ1v) is 8.92. The Hall–Kier alpha value is -2.18. The largest absolute Gasteiger partial charge is 0.425 e. The van der Waals surface area contributed by atoms with E-state index in [2.05, 4.69) is 15.9 Å². The highest BCUT2D eigenvalue weighted by Gasteiger charge is 2.10. The number of ether oxygens (including phenoxy) is 1. The molecule has 0 aliphatic rings. The average molecular weight is 404 g/mol. The van der Waals surface area contributed by atoms with Crippen molar-refractivity contribution in [3.63, 3.8) is 0 Å². The van der Waals surface area contributed by atoms with Crippen LogP contribution in [0.3, 0.4) is 0 Å². The van der Waals surface area contributed by atoms with Crippen LogP contribution in [0, 0.1) is 6.92 Å². The molecule has 0 fully saturated rings. The lowest BCUT2D eigenvalue weighted by atomic mass is 10.1. The highest BCUT2D eigenvalue weighted by molar-refractivity contribution is 9.10. The van der Waals surface area contributed by atoms with Crippen molar-refractivity contribution < 1.29 is 9.53 Å². The third kappa shape index (κ3) is 3.83. The fourth-order valence-corrected chi connectivity index (χ4v) is 3.25. The van der Waals surface area contributed by atoms with Crippen LogP contribution in [0.1, 0.15) is 5.69 Å². The second-order valence-corrected chi connectivity index (χ2v) is 6.97. The molecule has 0 aliphatic carbocycles. The van der Waals surface area contributed by atoms with Crippen molar-refractivity contribution in [1.82, 2.24) is 4.57 Å². The number of hydrogen-bond donors (Lipinski definition) is 0. The van der Waals surface area contributed by atoms with Gasteiger partial charge < -0.3 is 4.74 Å². The van der Waals surface area contributed by atoms with Crippen LogP contribution < -0.4 is 9.61 Å². The lowest BCUT2D eigenvalue weighted by Crippen LogP contribution is -2.23. The molecule has 0 amide bonds. The van der Waals surface area contributed by atoms with Gasteiger partial charge in [0.25, 0.3) is 0 Å². The summed E-state index contributed by atoms with van der Waals surface area (Å²) in [6, 6.07) is 15.3. The zero-order valence-corrected chi connectivity index (χ0v) is 15.3. The molecule has 2 aromatic carbocycles. The Bertz CT molecular complexity index is 911. The fraction of sp³-hybridized carbons (Fsp3) is 0.111. The Morgan fingerprint density at radius 3 is 2.21 bits per heavy atom. The van der Waals surface area contributed by atoms with Gasteiger partial charge >= 0.3 is 10.8 Å². The van der Waals surface area contributed by atoms with Crippen LogP contribution in [0.5, 0.6) is 5.75 Å². The van der Waals surface area contributed by atoms with E-state index in [9.17, 15) is 9.59 Å². The molecule has 0 atom stereocenters. The van der Waals surface area contributed by atoms with Crippen molar-refractivity contribution in [2.24, 2.45) is 0 Å². The first-order chi connectivity index (χ1) is 11.5. The maximum Gasteiger partial charge on any atom is 0.331 e. The minimum atomic E-state index is -0.463. The summed E-state index contributed by atoms with van der Waals surface area (Å²) >= 11 is 4.49. The van der Waals surface area contributed by atoms with E-state index in [1.165, 1.54) is 4.57 Å². The van der Waals surface area contributed by atoms with Gasteiger partial charge in [-0.15, -0.1) is 0 Å². The van der Waals surface area contributed by atoms with Gasteiger partial charge in [-0.2, -0.15) is 0 Å². The minimum absolute atomic E-state index is 0.0807. The van der Waals surface area contributed by atoms with Gasteiger partial charge in [0.15, 0.2) is 0 Å². The van der Waals surface area contributed by atoms with E-state index in [1.807, 2.05) is 36.4 Å². The van der Waals surface area contributed by atoms with Gasteiger partial charge in [0, 0.05) is 15.5 Å². The molecule has 0 aliphatic heterocycles. The fourth-order valence-electron chi connectivity index (χ4n) is 2.25. The minimum Gasteiger partial charge on any atom is -0.425 e. The molecule has 1 aromatic heterocycles. The third-order valence-electron chi connectivity index (χ3n) is 3.53. The van der Waals surface area contributed by atoms with E-state index in [0.29, 0.717) is 5.75 Å². The van der Waals surface area contributed by atoms with Crippen molar-refractivity contribution in [3.8, 4) is 16.9 Å². The zero-order chi connectivity index (χ0) is 17.1. The van der Waals surface area contributed by atoms with Gasteiger partial charge in [-0.25, -0.2) is 4.79 Å². The first-order valence-electron chi connectivity index (χ1n) is 7.24. The number of nitrogens with zero attached hydrogens (tertiary/aromatic N) is 1. The number of hydrogen-bond acceptors (Lipinski definition) is 4. The zero-order valence-electron chi connectivity index (χ0n) is 12.9. The van der Waals surface area contributed by atoms with E-state index < -0.39 is 5.97 Å². The Balaban J connectivity index is 1.69. The number of halogens is 1. The molecule has 24 heavy (non-hydrogen) atoms. The number of thiazole rings is 1. The molecule has 3 rings (SSSR count). The Labute approximate surface area is 151 Å². The lowest BCUT2D eigenvalue weighted by Gasteiger charge is -2.07. The summed E-state index contributed by atoms with van der Waals surface area (Å²) in [7, 11) is 0. The molecular weight excluding hydrogens is 390 g/mol. The normalized spacial score (nSPS) is 10.6. The number of aryl methyl sites for hydroxylation is 1. The molecule has 0 N–H and O–H groups in total. The Kier molecular flexibility index (Phi) is 4.97. The van der Waals surface area contributed by atoms with Crippen LogP contribution in [0.15, 0.2) is 63.2 Å². The molecule has 0 saturated carbocycles. The smallest absolute Gasteiger partial charge is 0.331 e. The number of carbonyl (C=O) groups is 1. The number of carbonyl (C=O) groups excluding carboxylic acids is 1. The van der Waals surface area contributed by atoms with Crippen LogP contribution in [0.4, 0.5) is 0 Å². The summed E-state index contributed by atoms with van der Waals surface area (Å²) in [6.45, 7) is 1.71. The van der Waals surface area contributed by atoms with Crippen molar-refractivity contribution in [2.45, 2.75) is 13.5 Å². The highest BCUT2D eigenvalue weighted by atomic mass is 79.9. The average Bonchev–Trinajstić information content (AvgIpc) is 2.88. The third-order valence-corrected chi connectivity index (χ3v) is 4.94. The maximum absolute atomic E-state index is 12.0. The van der Waals surface area contributed by atoms with Gasteiger partial charge in [-0.3, -0.25) is 9.36 Å². The second kappa shape index (κ2) is 7.15. The van der Waals surface area contributed by atoms with E-state index >= 15 is 0 Å². The summed E-state index contributed by atoms with van der Waals surface area (Å²) in [6.07, 6.45) is 0. The predicted molar refractivity (Wildman–Crippen MR) is 98.5 cm³/mol. The Morgan fingerprint density at radius 1 is 1.08 bits per heavy atom. The number of aromatic nitrogens is 1. The standard InChI is InChI=1S/C18H14BrNO3S/c1-12-11-24-18(22)20(12)10-17(21)23-16-8-4-14(5-9-16)13-2-6-15(19)7-3-13/h2-9,11H,10H2,1H3. The van der Waals surface area contributed by atoms with Gasteiger partial charge in [0.05, 0.1) is 0 Å². The molecule has 0 radical (unpaired) electrons. The van der Waals surface area contributed by atoms with Gasteiger partial charge in [0.2, 0.25) is 0 Å². The highest BCUT2D eigenvalue weighted by Crippen LogP contribution is 2.24. The van der Waals surface area contributed by atoms with Gasteiger partial charge in [-0.1, -0.05) is 51.5 Å². The van der Waals surface area contributed by atoms with Crippen LogP contribution in [0.2, 0.25) is 0 Å². The van der Waals surface area contributed by atoms with Gasteiger partial charge in [0.1, 0.15) is 12.3 Å². The summed E-state index contributed by atoms with van der Waals surface area (Å²) in [4.78, 5) is 23.5. The molecular formula is C18H14BrNO3S. The lowest BCUT2D eigenvalue weighted by molar-refractivity contribution is -0.135. The first kappa shape index (κ1) is 16.7. The van der Waals surface area contributed by atoms with Gasteiger partial charge in [-0.05, 0) is 42.3 Å². The summed E-state index contributed by atoms with van der Waals surface area (Å²) in [5, 5.41) is 1.72. The van der Waals surface area contributed by atoms with Crippen molar-refractivity contribution in [2.75, 3.05) is 0 Å². The molecule has 0 saturated heterocycles. The molecule has 0 bridgehead atoms. The number of rotatable bonds is 4. The summed E-state index contributed by atoms with van der Waals surface area (Å²) in [5.74, 6) is -0.00298. The van der Waals surface area contributed by atoms with Crippen LogP contribution in [0.25, 0.3) is 11.1 Å². The second-order valence-electron chi connectivity index (χ2n) is 5.23. The molecule has 4 nitrogen and oxygen atoms in total. The van der Waals surface area contributed by atoms with Crippen molar-refractivity contribution in [1.29, 1.82) is 0 Å². The number of benzene rings is 2. The summed E-state index contributed by atoms with van der Waals surface area (Å²) in [5.41, 5.74) is 2.87. The van der Waals surface area contributed by atoms with E-state index in [-0.39, 0.29) is 11.4 Å². The predicted octanol–water partition coefficient (Wildman–Crippen LogP) is 4.25. The van der Waals surface area contributed by atoms with Crippen LogP contribution in [-0.4, -0.2) is 10.5 Å². The molecule has 1 heterocycles. The van der Waals surface area contributed by atoms with Crippen LogP contribution in [-0.2, 0) is 11.3 Å². The molecule has 0 spiro atoms. The molecule has 0 unspecified atom stereocenters. The van der Waals surface area contributed by atoms with E-state index in [0.717, 1.165) is 32.6 Å². The topological polar surface area (TPSA) is 48.3 Å². The quantitative estimate of drug-likeness (QED) is 0.483. The summed E-state index contributed by atoms with van der Waals surface area (Å²) < 4.78 is 7.74. The number of esters is 1. The van der Waals surface area contributed by atoms with E-state index in [1.54, 1.807) is 24.4 Å². The monoisotopic (exact) mass is 403 g/mol. The van der Waals surface area contributed by atoms with Crippen molar-refractivity contribution >= 4 is 33.2 Å². The Morgan fingerprint density at radius 2 is 1.67 bits per heavy atom. The molecule has 122 valence electrons. The molecule has 3 aromatic rings. The van der Waals surface area contributed by atoms with Crippen LogP contribution >= 0.6 is 27.3 Å². The molecule has 6 heteroatoms. The SMILES string of the molecule is Cc1csc(=O)n1CC(=O)Oc1ccc(-c2ccc(Br)cc2)cc1.